The molecule has 2 rings (SSSR count). The lowest BCUT2D eigenvalue weighted by Gasteiger charge is -2.07. The summed E-state index contributed by atoms with van der Waals surface area (Å²) in [4.78, 5) is 23.8. The molecule has 126 valence electrons. The van der Waals surface area contributed by atoms with Crippen molar-refractivity contribution < 1.29 is 19.5 Å². The number of thiophene rings is 1. The normalized spacial score (nSPS) is 10.6. The Labute approximate surface area is 151 Å². The van der Waals surface area contributed by atoms with Crippen LogP contribution in [0.5, 0.6) is 5.75 Å². The van der Waals surface area contributed by atoms with Crippen molar-refractivity contribution in [1.82, 2.24) is 10.8 Å². The highest BCUT2D eigenvalue weighted by molar-refractivity contribution is 9.11. The summed E-state index contributed by atoms with van der Waals surface area (Å²) < 4.78 is 6.47. The molecule has 0 spiro atoms. The number of hydroxylamine groups is 1. The molecule has 0 radical (unpaired) electrons. The van der Waals surface area contributed by atoms with Crippen molar-refractivity contribution in [2.75, 3.05) is 13.2 Å². The number of nitrogens with one attached hydrogen (secondary N) is 2. The third-order valence-corrected chi connectivity index (χ3v) is 4.47. The lowest BCUT2D eigenvalue weighted by atomic mass is 10.2. The van der Waals surface area contributed by atoms with Crippen molar-refractivity contribution in [3.63, 3.8) is 0 Å². The summed E-state index contributed by atoms with van der Waals surface area (Å²) in [5, 5.41) is 11.2. The average molecular weight is 411 g/mol. The van der Waals surface area contributed by atoms with E-state index >= 15 is 0 Å². The van der Waals surface area contributed by atoms with Crippen molar-refractivity contribution in [3.8, 4) is 5.75 Å². The zero-order valence-electron chi connectivity index (χ0n) is 12.5. The molecule has 2 aromatic rings. The number of ether oxygens (including phenoxy) is 1. The summed E-state index contributed by atoms with van der Waals surface area (Å²) in [7, 11) is 0. The molecule has 3 N–H and O–H groups in total. The molecule has 0 bridgehead atoms. The van der Waals surface area contributed by atoms with Gasteiger partial charge in [0.15, 0.2) is 0 Å². The van der Waals surface area contributed by atoms with Gasteiger partial charge in [-0.2, -0.15) is 0 Å². The highest BCUT2D eigenvalue weighted by Gasteiger charge is 2.03. The number of carbonyl (C=O) groups excluding carboxylic acids is 2. The largest absolute Gasteiger partial charge is 0.492 e. The molecular weight excluding hydrogens is 396 g/mol. The molecule has 0 aliphatic rings. The Bertz CT molecular complexity index is 728. The van der Waals surface area contributed by atoms with Gasteiger partial charge in [0.2, 0.25) is 5.91 Å². The van der Waals surface area contributed by atoms with Crippen molar-refractivity contribution in [3.05, 3.63) is 56.7 Å². The molecule has 8 heteroatoms. The highest BCUT2D eigenvalue weighted by atomic mass is 79.9. The van der Waals surface area contributed by atoms with E-state index in [0.717, 1.165) is 8.66 Å². The van der Waals surface area contributed by atoms with Gasteiger partial charge in [-0.25, -0.2) is 5.48 Å². The maximum atomic E-state index is 11.7. The summed E-state index contributed by atoms with van der Waals surface area (Å²) in [5.41, 5.74) is 1.88. The lowest BCUT2D eigenvalue weighted by molar-refractivity contribution is -0.116. The van der Waals surface area contributed by atoms with Crippen LogP contribution in [0.4, 0.5) is 0 Å². The number of hydrogen-bond donors (Lipinski definition) is 3. The van der Waals surface area contributed by atoms with E-state index in [4.69, 9.17) is 9.94 Å². The van der Waals surface area contributed by atoms with Gasteiger partial charge in [0.25, 0.3) is 5.91 Å². The summed E-state index contributed by atoms with van der Waals surface area (Å²) >= 11 is 4.90. The van der Waals surface area contributed by atoms with Crippen molar-refractivity contribution in [2.45, 2.75) is 0 Å². The van der Waals surface area contributed by atoms with Gasteiger partial charge in [0, 0.05) is 16.5 Å². The van der Waals surface area contributed by atoms with E-state index in [2.05, 4.69) is 21.2 Å². The highest BCUT2D eigenvalue weighted by Crippen LogP contribution is 2.22. The first-order valence-electron chi connectivity index (χ1n) is 6.97. The van der Waals surface area contributed by atoms with E-state index in [1.807, 2.05) is 12.1 Å². The predicted octanol–water partition coefficient (Wildman–Crippen LogP) is 2.84. The van der Waals surface area contributed by atoms with Crippen LogP contribution in [0.3, 0.4) is 0 Å². The Balaban J connectivity index is 1.69. The molecule has 1 heterocycles. The van der Waals surface area contributed by atoms with Gasteiger partial charge < -0.3 is 10.1 Å². The fraction of sp³-hybridized carbons (Fsp3) is 0.125. The lowest BCUT2D eigenvalue weighted by Crippen LogP contribution is -2.26. The van der Waals surface area contributed by atoms with Crippen molar-refractivity contribution in [1.29, 1.82) is 0 Å². The van der Waals surface area contributed by atoms with Crippen LogP contribution in [0, 0.1) is 0 Å². The van der Waals surface area contributed by atoms with Crippen LogP contribution >= 0.6 is 27.3 Å². The molecule has 0 saturated heterocycles. The summed E-state index contributed by atoms with van der Waals surface area (Å²) in [6.45, 7) is 0.659. The average Bonchev–Trinajstić information content (AvgIpc) is 3.02. The maximum Gasteiger partial charge on any atom is 0.274 e. The van der Waals surface area contributed by atoms with Gasteiger partial charge in [-0.05, 0) is 58.4 Å². The molecule has 0 aliphatic heterocycles. The van der Waals surface area contributed by atoms with Crippen LogP contribution in [-0.4, -0.2) is 30.2 Å². The maximum absolute atomic E-state index is 11.7. The fourth-order valence-electron chi connectivity index (χ4n) is 1.74. The van der Waals surface area contributed by atoms with E-state index in [0.29, 0.717) is 24.5 Å². The molecule has 0 atom stereocenters. The monoisotopic (exact) mass is 410 g/mol. The van der Waals surface area contributed by atoms with Gasteiger partial charge in [0.05, 0.1) is 10.3 Å². The fourth-order valence-corrected chi connectivity index (χ4v) is 3.07. The van der Waals surface area contributed by atoms with Crippen LogP contribution in [0.25, 0.3) is 6.08 Å². The smallest absolute Gasteiger partial charge is 0.274 e. The third-order valence-electron chi connectivity index (χ3n) is 2.88. The first kappa shape index (κ1) is 18.2. The van der Waals surface area contributed by atoms with Crippen LogP contribution in [0.15, 0.2) is 46.3 Å². The first-order valence-corrected chi connectivity index (χ1v) is 8.58. The second kappa shape index (κ2) is 9.21. The van der Waals surface area contributed by atoms with Crippen molar-refractivity contribution in [2.24, 2.45) is 0 Å². The topological polar surface area (TPSA) is 87.7 Å². The second-order valence-corrected chi connectivity index (χ2v) is 7.07. The minimum Gasteiger partial charge on any atom is -0.492 e. The number of carbonyl (C=O) groups is 2. The van der Waals surface area contributed by atoms with Gasteiger partial charge in [-0.1, -0.05) is 0 Å². The molecule has 0 unspecified atom stereocenters. The zero-order valence-corrected chi connectivity index (χ0v) is 14.9. The molecule has 0 aliphatic carbocycles. The molecular formula is C16H15BrN2O4S. The van der Waals surface area contributed by atoms with Crippen LogP contribution in [0.2, 0.25) is 0 Å². The van der Waals surface area contributed by atoms with Gasteiger partial charge >= 0.3 is 0 Å². The van der Waals surface area contributed by atoms with E-state index < -0.39 is 5.91 Å². The number of benzene rings is 1. The number of halogens is 1. The molecule has 0 saturated carbocycles. The molecule has 0 fully saturated rings. The van der Waals surface area contributed by atoms with Crippen molar-refractivity contribution >= 4 is 45.2 Å². The Hall–Kier alpha value is -2.16. The Kier molecular flexibility index (Phi) is 6.98. The SMILES string of the molecule is O=C(/C=C/c1ccc(Br)s1)NCCOc1ccc(C(=O)NO)cc1. The number of hydrogen-bond acceptors (Lipinski definition) is 5. The van der Waals surface area contributed by atoms with Gasteiger partial charge in [0.1, 0.15) is 12.4 Å². The third kappa shape index (κ3) is 5.80. The molecule has 1 aromatic carbocycles. The second-order valence-electron chi connectivity index (χ2n) is 4.58. The minimum atomic E-state index is -0.585. The predicted molar refractivity (Wildman–Crippen MR) is 95.3 cm³/mol. The summed E-state index contributed by atoms with van der Waals surface area (Å²) in [6.07, 6.45) is 3.22. The first-order chi connectivity index (χ1) is 11.6. The van der Waals surface area contributed by atoms with E-state index in [1.54, 1.807) is 35.0 Å². The standard InChI is InChI=1S/C16H15BrN2O4S/c17-14-7-5-13(24-14)6-8-15(20)18-9-10-23-12-3-1-11(2-4-12)16(21)19-22/h1-8,22H,9-10H2,(H,18,20)(H,19,21)/b8-6+. The molecule has 6 nitrogen and oxygen atoms in total. The Morgan fingerprint density at radius 3 is 2.58 bits per heavy atom. The van der Waals surface area contributed by atoms with E-state index in [9.17, 15) is 9.59 Å². The Morgan fingerprint density at radius 1 is 1.21 bits per heavy atom. The van der Waals surface area contributed by atoms with Crippen LogP contribution in [-0.2, 0) is 4.79 Å². The molecule has 2 amide bonds. The number of amides is 2. The zero-order chi connectivity index (χ0) is 17.4. The van der Waals surface area contributed by atoms with Gasteiger partial charge in [-0.15, -0.1) is 11.3 Å². The minimum absolute atomic E-state index is 0.196. The van der Waals surface area contributed by atoms with Crippen LogP contribution < -0.4 is 15.5 Å². The molecule has 24 heavy (non-hydrogen) atoms. The van der Waals surface area contributed by atoms with E-state index in [-0.39, 0.29) is 5.91 Å². The quantitative estimate of drug-likeness (QED) is 0.283. The number of rotatable bonds is 7. The molecule has 1 aromatic heterocycles. The van der Waals surface area contributed by atoms with E-state index in [1.165, 1.54) is 18.2 Å². The van der Waals surface area contributed by atoms with Gasteiger partial charge in [-0.3, -0.25) is 14.8 Å². The summed E-state index contributed by atoms with van der Waals surface area (Å²) in [6, 6.07) is 10.1. The summed E-state index contributed by atoms with van der Waals surface area (Å²) in [5.74, 6) is -0.214. The van der Waals surface area contributed by atoms with Crippen LogP contribution in [0.1, 0.15) is 15.2 Å². The Morgan fingerprint density at radius 2 is 1.96 bits per heavy atom.